The zero-order chi connectivity index (χ0) is 15.9. The van der Waals surface area contributed by atoms with Crippen LogP contribution in [0.4, 0.5) is 5.69 Å². The van der Waals surface area contributed by atoms with Gasteiger partial charge in [-0.3, -0.25) is 14.9 Å². The molecule has 120 valence electrons. The van der Waals surface area contributed by atoms with E-state index in [9.17, 15) is 20.0 Å². The van der Waals surface area contributed by atoms with Crippen molar-refractivity contribution in [2.24, 2.45) is 5.92 Å². The molecular weight excluding hydrogens is 284 g/mol. The molecule has 0 heterocycles. The first-order valence-corrected chi connectivity index (χ1v) is 7.74. The molecule has 0 bridgehead atoms. The molecule has 2 N–H and O–H groups in total. The van der Waals surface area contributed by atoms with Crippen LogP contribution in [0.2, 0.25) is 0 Å². The fraction of sp³-hybridized carbons (Fsp3) is 0.562. The summed E-state index contributed by atoms with van der Waals surface area (Å²) in [6.45, 7) is 0.0659. The first-order chi connectivity index (χ1) is 10.6. The van der Waals surface area contributed by atoms with Crippen molar-refractivity contribution in [3.63, 3.8) is 0 Å². The highest BCUT2D eigenvalue weighted by Crippen LogP contribution is 2.24. The number of nitro benzene ring substituents is 1. The minimum atomic E-state index is -0.467. The number of aliphatic hydroxyl groups excluding tert-OH is 1. The normalized spacial score (nSPS) is 21.9. The average molecular weight is 306 g/mol. The van der Waals surface area contributed by atoms with E-state index >= 15 is 0 Å². The van der Waals surface area contributed by atoms with E-state index in [-0.39, 0.29) is 36.6 Å². The summed E-state index contributed by atoms with van der Waals surface area (Å²) in [6, 6.07) is 6.26. The van der Waals surface area contributed by atoms with Crippen LogP contribution in [0.1, 0.15) is 37.7 Å². The van der Waals surface area contributed by atoms with Crippen LogP contribution in [0.5, 0.6) is 0 Å². The average Bonchev–Trinajstić information content (AvgIpc) is 2.72. The van der Waals surface area contributed by atoms with Crippen molar-refractivity contribution in [1.82, 2.24) is 5.32 Å². The van der Waals surface area contributed by atoms with Gasteiger partial charge in [-0.2, -0.15) is 0 Å². The topological polar surface area (TPSA) is 92.5 Å². The van der Waals surface area contributed by atoms with E-state index in [1.54, 1.807) is 18.2 Å². The van der Waals surface area contributed by atoms with E-state index in [0.29, 0.717) is 5.56 Å². The van der Waals surface area contributed by atoms with Gasteiger partial charge in [-0.05, 0) is 12.8 Å². The second kappa shape index (κ2) is 7.89. The fourth-order valence-electron chi connectivity index (χ4n) is 3.06. The third kappa shape index (κ3) is 4.27. The quantitative estimate of drug-likeness (QED) is 0.495. The van der Waals surface area contributed by atoms with Crippen molar-refractivity contribution in [1.29, 1.82) is 0 Å². The van der Waals surface area contributed by atoms with Gasteiger partial charge in [0.05, 0.1) is 11.3 Å². The Morgan fingerprint density at radius 3 is 2.73 bits per heavy atom. The van der Waals surface area contributed by atoms with Crippen LogP contribution < -0.4 is 5.32 Å². The van der Waals surface area contributed by atoms with Crippen molar-refractivity contribution in [3.05, 3.63) is 39.9 Å². The smallest absolute Gasteiger partial charge is 0.273 e. The van der Waals surface area contributed by atoms with E-state index in [2.05, 4.69) is 5.32 Å². The summed E-state index contributed by atoms with van der Waals surface area (Å²) in [4.78, 5) is 22.7. The Bertz CT molecular complexity index is 533. The van der Waals surface area contributed by atoms with Crippen LogP contribution in [0, 0.1) is 16.0 Å². The third-order valence-electron chi connectivity index (χ3n) is 4.28. The number of carbonyl (C=O) groups excluding carboxylic acids is 1. The van der Waals surface area contributed by atoms with Crippen LogP contribution in [0.25, 0.3) is 0 Å². The Morgan fingerprint density at radius 1 is 1.27 bits per heavy atom. The van der Waals surface area contributed by atoms with Crippen molar-refractivity contribution in [2.75, 3.05) is 6.61 Å². The minimum Gasteiger partial charge on any atom is -0.396 e. The van der Waals surface area contributed by atoms with E-state index in [4.69, 9.17) is 0 Å². The summed E-state index contributed by atoms with van der Waals surface area (Å²) in [5.74, 6) is -0.142. The number of rotatable bonds is 5. The summed E-state index contributed by atoms with van der Waals surface area (Å²) in [5, 5.41) is 23.4. The number of para-hydroxylation sites is 1. The molecule has 0 saturated heterocycles. The molecule has 1 aromatic carbocycles. The number of nitro groups is 1. The van der Waals surface area contributed by atoms with Gasteiger partial charge in [-0.15, -0.1) is 0 Å². The van der Waals surface area contributed by atoms with Crippen molar-refractivity contribution >= 4 is 11.6 Å². The first-order valence-electron chi connectivity index (χ1n) is 7.74. The Morgan fingerprint density at radius 2 is 2.00 bits per heavy atom. The maximum atomic E-state index is 12.2. The van der Waals surface area contributed by atoms with E-state index in [1.807, 2.05) is 0 Å². The lowest BCUT2D eigenvalue weighted by Gasteiger charge is -2.24. The highest BCUT2D eigenvalue weighted by Gasteiger charge is 2.25. The van der Waals surface area contributed by atoms with Crippen molar-refractivity contribution < 1.29 is 14.8 Å². The molecule has 6 nitrogen and oxygen atoms in total. The van der Waals surface area contributed by atoms with Gasteiger partial charge in [0.25, 0.3) is 5.69 Å². The van der Waals surface area contributed by atoms with Gasteiger partial charge in [0, 0.05) is 30.2 Å². The number of hydrogen-bond donors (Lipinski definition) is 2. The van der Waals surface area contributed by atoms with Crippen LogP contribution in [0.3, 0.4) is 0 Å². The zero-order valence-electron chi connectivity index (χ0n) is 12.5. The van der Waals surface area contributed by atoms with Gasteiger partial charge in [0.15, 0.2) is 0 Å². The lowest BCUT2D eigenvalue weighted by atomic mass is 9.95. The highest BCUT2D eigenvalue weighted by atomic mass is 16.6. The van der Waals surface area contributed by atoms with E-state index in [0.717, 1.165) is 32.1 Å². The predicted octanol–water partition coefficient (Wildman–Crippen LogP) is 2.19. The maximum Gasteiger partial charge on any atom is 0.273 e. The molecule has 2 unspecified atom stereocenters. The Kier molecular flexibility index (Phi) is 5.89. The summed E-state index contributed by atoms with van der Waals surface area (Å²) in [6.07, 6.45) is 4.98. The molecular formula is C16H22N2O4. The van der Waals surface area contributed by atoms with E-state index in [1.165, 1.54) is 6.07 Å². The van der Waals surface area contributed by atoms with Crippen LogP contribution in [-0.2, 0) is 11.2 Å². The Labute approximate surface area is 129 Å². The lowest BCUT2D eigenvalue weighted by molar-refractivity contribution is -0.385. The molecule has 1 aliphatic carbocycles. The largest absolute Gasteiger partial charge is 0.396 e. The van der Waals surface area contributed by atoms with Crippen molar-refractivity contribution in [2.45, 2.75) is 44.6 Å². The lowest BCUT2D eigenvalue weighted by Crippen LogP contribution is -2.41. The second-order valence-electron chi connectivity index (χ2n) is 5.82. The molecule has 0 spiro atoms. The van der Waals surface area contributed by atoms with Gasteiger partial charge in [-0.1, -0.05) is 37.5 Å². The molecule has 22 heavy (non-hydrogen) atoms. The number of nitrogens with one attached hydrogen (secondary N) is 1. The number of nitrogens with zero attached hydrogens (tertiary/aromatic N) is 1. The molecule has 2 rings (SSSR count). The molecule has 0 aromatic heterocycles. The van der Waals surface area contributed by atoms with Crippen molar-refractivity contribution in [3.8, 4) is 0 Å². The number of aliphatic hydroxyl groups is 1. The Hall–Kier alpha value is -1.95. The van der Waals surface area contributed by atoms with Gasteiger partial charge in [-0.25, -0.2) is 0 Å². The second-order valence-corrected chi connectivity index (χ2v) is 5.82. The minimum absolute atomic E-state index is 0.00813. The zero-order valence-corrected chi connectivity index (χ0v) is 12.5. The summed E-state index contributed by atoms with van der Waals surface area (Å²) >= 11 is 0. The van der Waals surface area contributed by atoms with Crippen LogP contribution in [0.15, 0.2) is 24.3 Å². The maximum absolute atomic E-state index is 12.2. The SMILES string of the molecule is O=C(Cc1ccccc1[N+](=O)[O-])NC1CCCCCC1CO. The number of benzene rings is 1. The first kappa shape index (κ1) is 16.4. The molecule has 1 fully saturated rings. The van der Waals surface area contributed by atoms with Crippen LogP contribution >= 0.6 is 0 Å². The number of amides is 1. The van der Waals surface area contributed by atoms with E-state index < -0.39 is 4.92 Å². The highest BCUT2D eigenvalue weighted by molar-refractivity contribution is 5.80. The van der Waals surface area contributed by atoms with Crippen LogP contribution in [-0.4, -0.2) is 28.6 Å². The molecule has 1 aliphatic rings. The monoisotopic (exact) mass is 306 g/mol. The molecule has 1 amide bonds. The van der Waals surface area contributed by atoms with Gasteiger partial charge in [0.2, 0.25) is 5.91 Å². The number of carbonyl (C=O) groups is 1. The molecule has 2 atom stereocenters. The fourth-order valence-corrected chi connectivity index (χ4v) is 3.06. The molecule has 1 saturated carbocycles. The predicted molar refractivity (Wildman–Crippen MR) is 82.4 cm³/mol. The molecule has 0 aliphatic heterocycles. The standard InChI is InChI=1S/C16H22N2O4/c19-11-13-7-2-1-3-8-14(13)17-16(20)10-12-6-4-5-9-15(12)18(21)22/h4-6,9,13-14,19H,1-3,7-8,10-11H2,(H,17,20). The Balaban J connectivity index is 2.01. The summed E-state index contributed by atoms with van der Waals surface area (Å²) in [7, 11) is 0. The van der Waals surface area contributed by atoms with Gasteiger partial charge < -0.3 is 10.4 Å². The molecule has 6 heteroatoms. The van der Waals surface area contributed by atoms with Gasteiger partial charge >= 0.3 is 0 Å². The summed E-state index contributed by atoms with van der Waals surface area (Å²) in [5.41, 5.74) is 0.386. The molecule has 1 aromatic rings. The molecule has 0 radical (unpaired) electrons. The number of hydrogen-bond acceptors (Lipinski definition) is 4. The van der Waals surface area contributed by atoms with Gasteiger partial charge in [0.1, 0.15) is 0 Å². The summed E-state index contributed by atoms with van der Waals surface area (Å²) < 4.78 is 0. The third-order valence-corrected chi connectivity index (χ3v) is 4.28.